The quantitative estimate of drug-likeness (QED) is 0.747. The Labute approximate surface area is 117 Å². The number of ether oxygens (including phenoxy) is 1. The molecule has 1 aromatic carbocycles. The second-order valence-corrected chi connectivity index (χ2v) is 4.89. The van der Waals surface area contributed by atoms with Gasteiger partial charge in [0, 0.05) is 5.25 Å². The molecule has 0 aromatic heterocycles. The van der Waals surface area contributed by atoms with Gasteiger partial charge in [0.25, 0.3) is 0 Å². The minimum Gasteiger partial charge on any atom is -0.373 e. The second-order valence-electron chi connectivity index (χ2n) is 3.75. The predicted molar refractivity (Wildman–Crippen MR) is 84.3 cm³/mol. The molecule has 1 aliphatic rings. The maximum absolute atomic E-state index is 5.78. The number of rotatable bonds is 4. The minimum atomic E-state index is 0.507. The summed E-state index contributed by atoms with van der Waals surface area (Å²) in [6, 6.07) is 10.4. The molecule has 0 amide bonds. The lowest BCUT2D eigenvalue weighted by atomic mass is 9.95. The van der Waals surface area contributed by atoms with Crippen LogP contribution in [-0.4, -0.2) is 17.6 Å². The molecule has 0 N–H and O–H groups in total. The van der Waals surface area contributed by atoms with Gasteiger partial charge in [-0.15, -0.1) is 0 Å². The van der Waals surface area contributed by atoms with Crippen molar-refractivity contribution in [3.05, 3.63) is 35.9 Å². The van der Waals surface area contributed by atoms with Crippen LogP contribution < -0.4 is 0 Å². The number of thioether (sulfide) groups is 1. The van der Waals surface area contributed by atoms with Crippen molar-refractivity contribution in [3.63, 3.8) is 0 Å². The first-order valence-electron chi connectivity index (χ1n) is 7.07. The third kappa shape index (κ3) is 6.46. The molecule has 1 aliphatic carbocycles. The summed E-state index contributed by atoms with van der Waals surface area (Å²) >= 11 is 1.96. The van der Waals surface area contributed by atoms with Gasteiger partial charge in [-0.1, -0.05) is 58.0 Å². The van der Waals surface area contributed by atoms with E-state index in [1.54, 1.807) is 0 Å². The smallest absolute Gasteiger partial charge is 0.0720 e. The van der Waals surface area contributed by atoms with Crippen molar-refractivity contribution in [2.45, 2.75) is 58.5 Å². The fraction of sp³-hybridized carbons (Fsp3) is 0.625. The topological polar surface area (TPSA) is 9.23 Å². The Kier molecular flexibility index (Phi) is 11.3. The molecule has 18 heavy (non-hydrogen) atoms. The average molecular weight is 268 g/mol. The van der Waals surface area contributed by atoms with Gasteiger partial charge < -0.3 is 4.74 Å². The van der Waals surface area contributed by atoms with Crippen LogP contribution in [0, 0.1) is 0 Å². The van der Waals surface area contributed by atoms with E-state index in [0.717, 1.165) is 11.9 Å². The van der Waals surface area contributed by atoms with Crippen molar-refractivity contribution in [1.29, 1.82) is 0 Å². The van der Waals surface area contributed by atoms with Gasteiger partial charge in [-0.2, -0.15) is 11.8 Å². The molecule has 0 heterocycles. The van der Waals surface area contributed by atoms with Crippen LogP contribution in [0.1, 0.15) is 46.1 Å². The molecule has 2 heteroatoms. The van der Waals surface area contributed by atoms with Crippen molar-refractivity contribution >= 4 is 11.8 Å². The molecule has 104 valence electrons. The summed E-state index contributed by atoms with van der Waals surface area (Å²) < 4.78 is 5.78. The summed E-state index contributed by atoms with van der Waals surface area (Å²) in [5.74, 6) is 0. The van der Waals surface area contributed by atoms with Gasteiger partial charge >= 0.3 is 0 Å². The summed E-state index contributed by atoms with van der Waals surface area (Å²) in [5, 5.41) is 0.843. The first-order chi connectivity index (χ1) is 8.88. The van der Waals surface area contributed by atoms with Gasteiger partial charge in [-0.3, -0.25) is 0 Å². The molecule has 0 bridgehead atoms. The van der Waals surface area contributed by atoms with Gasteiger partial charge in [0.05, 0.1) is 12.7 Å². The Balaban J connectivity index is 0.000000659. The Morgan fingerprint density at radius 3 is 2.11 bits per heavy atom. The second kappa shape index (κ2) is 11.6. The van der Waals surface area contributed by atoms with E-state index in [-0.39, 0.29) is 0 Å². The van der Waals surface area contributed by atoms with Crippen molar-refractivity contribution in [2.75, 3.05) is 6.26 Å². The van der Waals surface area contributed by atoms with Crippen LogP contribution in [0.3, 0.4) is 0 Å². The van der Waals surface area contributed by atoms with Crippen LogP contribution in [0.4, 0.5) is 0 Å². The number of hydrogen-bond donors (Lipinski definition) is 0. The highest BCUT2D eigenvalue weighted by atomic mass is 32.2. The molecule has 0 radical (unpaired) electrons. The molecule has 0 spiro atoms. The van der Waals surface area contributed by atoms with Crippen LogP contribution in [-0.2, 0) is 11.3 Å². The first kappa shape index (κ1) is 17.5. The van der Waals surface area contributed by atoms with Crippen molar-refractivity contribution in [1.82, 2.24) is 0 Å². The molecule has 1 nitrogen and oxygen atoms in total. The molecule has 2 rings (SSSR count). The summed E-state index contributed by atoms with van der Waals surface area (Å²) in [6.45, 7) is 8.77. The van der Waals surface area contributed by atoms with E-state index in [4.69, 9.17) is 4.74 Å². The fourth-order valence-electron chi connectivity index (χ4n) is 1.63. The first-order valence-corrected chi connectivity index (χ1v) is 8.35. The van der Waals surface area contributed by atoms with Crippen molar-refractivity contribution in [3.8, 4) is 0 Å². The highest BCUT2D eigenvalue weighted by Gasteiger charge is 2.28. The Morgan fingerprint density at radius 2 is 1.61 bits per heavy atom. The van der Waals surface area contributed by atoms with Gasteiger partial charge in [0.15, 0.2) is 0 Å². The maximum atomic E-state index is 5.78. The molecule has 0 atom stereocenters. The summed E-state index contributed by atoms with van der Waals surface area (Å²) in [4.78, 5) is 0. The summed E-state index contributed by atoms with van der Waals surface area (Å²) in [7, 11) is 0. The number of benzene rings is 1. The number of hydrogen-bond acceptors (Lipinski definition) is 2. The highest BCUT2D eigenvalue weighted by molar-refractivity contribution is 7.99. The third-order valence-corrected chi connectivity index (χ3v) is 3.76. The molecule has 1 saturated carbocycles. The monoisotopic (exact) mass is 268 g/mol. The lowest BCUT2D eigenvalue weighted by Gasteiger charge is -2.33. The fourth-order valence-corrected chi connectivity index (χ4v) is 2.45. The van der Waals surface area contributed by atoms with E-state index in [1.807, 2.05) is 45.5 Å². The predicted octanol–water partition coefficient (Wildman–Crippen LogP) is 5.15. The van der Waals surface area contributed by atoms with E-state index in [2.05, 4.69) is 30.5 Å². The lowest BCUT2D eigenvalue weighted by molar-refractivity contribution is -0.00493. The van der Waals surface area contributed by atoms with Gasteiger partial charge in [0.1, 0.15) is 0 Å². The largest absolute Gasteiger partial charge is 0.373 e. The van der Waals surface area contributed by atoms with Crippen molar-refractivity contribution < 1.29 is 4.74 Å². The third-order valence-electron chi connectivity index (χ3n) is 2.71. The summed E-state index contributed by atoms with van der Waals surface area (Å²) in [6.07, 6.45) is 5.15. The van der Waals surface area contributed by atoms with Gasteiger partial charge in [0.2, 0.25) is 0 Å². The molecule has 0 saturated heterocycles. The Morgan fingerprint density at radius 1 is 1.06 bits per heavy atom. The summed E-state index contributed by atoms with van der Waals surface area (Å²) in [5.41, 5.74) is 1.28. The van der Waals surface area contributed by atoms with Gasteiger partial charge in [-0.05, 0) is 24.7 Å². The molecule has 1 aromatic rings. The molecular weight excluding hydrogens is 240 g/mol. The zero-order chi connectivity index (χ0) is 13.8. The molecular formula is C16H28OS. The van der Waals surface area contributed by atoms with E-state index >= 15 is 0 Å². The maximum Gasteiger partial charge on any atom is 0.0720 e. The lowest BCUT2D eigenvalue weighted by Crippen LogP contribution is -2.33. The van der Waals surface area contributed by atoms with E-state index in [0.29, 0.717) is 6.10 Å². The van der Waals surface area contributed by atoms with Crippen LogP contribution >= 0.6 is 11.8 Å². The minimum absolute atomic E-state index is 0.507. The average Bonchev–Trinajstić information content (AvgIpc) is 2.43. The van der Waals surface area contributed by atoms with Crippen LogP contribution in [0.5, 0.6) is 0 Å². The van der Waals surface area contributed by atoms with Gasteiger partial charge in [-0.25, -0.2) is 0 Å². The molecule has 1 fully saturated rings. The normalized spacial score (nSPS) is 20.7. The Bertz CT molecular complexity index is 268. The zero-order valence-electron chi connectivity index (χ0n) is 12.5. The highest BCUT2D eigenvalue weighted by Crippen LogP contribution is 2.32. The van der Waals surface area contributed by atoms with Crippen LogP contribution in [0.2, 0.25) is 0 Å². The standard InChI is InChI=1S/C12H16OS.2C2H6/c1-14-12-7-11(8-12)13-9-10-5-3-2-4-6-10;2*1-2/h2-6,11-12H,7-9H2,1H3;2*1-2H3. The van der Waals surface area contributed by atoms with Crippen LogP contribution in [0.15, 0.2) is 30.3 Å². The van der Waals surface area contributed by atoms with E-state index < -0.39 is 0 Å². The SMILES string of the molecule is CC.CC.CSC1CC(OCc2ccccc2)C1. The Hall–Kier alpha value is -0.470. The zero-order valence-corrected chi connectivity index (χ0v) is 13.3. The van der Waals surface area contributed by atoms with Crippen molar-refractivity contribution in [2.24, 2.45) is 0 Å². The molecule has 0 aliphatic heterocycles. The van der Waals surface area contributed by atoms with Crippen LogP contribution in [0.25, 0.3) is 0 Å². The van der Waals surface area contributed by atoms with E-state index in [9.17, 15) is 0 Å². The molecule has 0 unspecified atom stereocenters. The van der Waals surface area contributed by atoms with E-state index in [1.165, 1.54) is 18.4 Å².